The summed E-state index contributed by atoms with van der Waals surface area (Å²) in [6, 6.07) is 15.9. The van der Waals surface area contributed by atoms with E-state index in [9.17, 15) is 9.59 Å². The molecule has 6 nitrogen and oxygen atoms in total. The smallest absolute Gasteiger partial charge is 0.263 e. The molecule has 1 unspecified atom stereocenters. The maximum atomic E-state index is 13.1. The molecule has 1 amide bonds. The molecule has 1 atom stereocenters. The van der Waals surface area contributed by atoms with Crippen LogP contribution in [0.2, 0.25) is 0 Å². The van der Waals surface area contributed by atoms with E-state index in [1.807, 2.05) is 44.2 Å². The Bertz CT molecular complexity index is 1310. The van der Waals surface area contributed by atoms with E-state index in [4.69, 9.17) is 4.74 Å². The lowest BCUT2D eigenvalue weighted by Gasteiger charge is -2.17. The van der Waals surface area contributed by atoms with Gasteiger partial charge in [0.1, 0.15) is 28.2 Å². The zero-order valence-electron chi connectivity index (χ0n) is 17.8. The number of fused-ring (bicyclic) bond motifs is 1. The maximum absolute atomic E-state index is 13.1. The Morgan fingerprint density at radius 3 is 2.35 bits per heavy atom. The molecular formula is C24H23N3O3S. The number of rotatable bonds is 5. The number of carbonyl (C=O) groups excluding carboxylic acids is 1. The van der Waals surface area contributed by atoms with E-state index in [0.29, 0.717) is 22.6 Å². The van der Waals surface area contributed by atoms with Crippen molar-refractivity contribution in [3.63, 3.8) is 0 Å². The number of nitrogens with one attached hydrogen (secondary N) is 1. The van der Waals surface area contributed by atoms with E-state index in [1.54, 1.807) is 38.1 Å². The van der Waals surface area contributed by atoms with Crippen LogP contribution >= 0.6 is 11.3 Å². The molecule has 2 heterocycles. The number of para-hydroxylation sites is 1. The van der Waals surface area contributed by atoms with Gasteiger partial charge in [-0.3, -0.25) is 14.2 Å². The van der Waals surface area contributed by atoms with Gasteiger partial charge in [0.15, 0.2) is 0 Å². The summed E-state index contributed by atoms with van der Waals surface area (Å²) in [5.74, 6) is 1.65. The highest BCUT2D eigenvalue weighted by Gasteiger charge is 2.22. The first-order valence-electron chi connectivity index (χ1n) is 9.98. The number of hydrogen-bond acceptors (Lipinski definition) is 5. The Labute approximate surface area is 184 Å². The molecule has 7 heteroatoms. The van der Waals surface area contributed by atoms with E-state index in [-0.39, 0.29) is 11.5 Å². The molecule has 158 valence electrons. The summed E-state index contributed by atoms with van der Waals surface area (Å²) in [7, 11) is 0. The van der Waals surface area contributed by atoms with Crippen LogP contribution in [0.5, 0.6) is 11.5 Å². The lowest BCUT2D eigenvalue weighted by atomic mass is 10.2. The van der Waals surface area contributed by atoms with Gasteiger partial charge in [0.25, 0.3) is 5.56 Å². The van der Waals surface area contributed by atoms with Gasteiger partial charge < -0.3 is 10.1 Å². The van der Waals surface area contributed by atoms with Crippen LogP contribution in [0.3, 0.4) is 0 Å². The highest BCUT2D eigenvalue weighted by molar-refractivity contribution is 7.18. The summed E-state index contributed by atoms with van der Waals surface area (Å²) in [4.78, 5) is 32.4. The van der Waals surface area contributed by atoms with E-state index < -0.39 is 6.04 Å². The number of hydrogen-bond donors (Lipinski definition) is 1. The van der Waals surface area contributed by atoms with Gasteiger partial charge in [0.2, 0.25) is 5.91 Å². The zero-order valence-corrected chi connectivity index (χ0v) is 18.6. The zero-order chi connectivity index (χ0) is 22.1. The Kier molecular flexibility index (Phi) is 5.61. The molecule has 1 N–H and O–H groups in total. The number of benzene rings is 2. The first-order chi connectivity index (χ1) is 14.8. The number of anilines is 1. The molecule has 0 radical (unpaired) electrons. The second-order valence-corrected chi connectivity index (χ2v) is 8.61. The molecule has 4 aromatic rings. The number of ether oxygens (including phenoxy) is 1. The molecule has 4 rings (SSSR count). The van der Waals surface area contributed by atoms with Gasteiger partial charge in [-0.1, -0.05) is 18.2 Å². The lowest BCUT2D eigenvalue weighted by Crippen LogP contribution is -2.33. The quantitative estimate of drug-likeness (QED) is 0.459. The van der Waals surface area contributed by atoms with Crippen LogP contribution in [0.4, 0.5) is 5.69 Å². The number of carbonyl (C=O) groups is 1. The summed E-state index contributed by atoms with van der Waals surface area (Å²) in [5.41, 5.74) is 1.37. The van der Waals surface area contributed by atoms with Crippen molar-refractivity contribution in [3.05, 3.63) is 81.2 Å². The molecule has 0 aliphatic carbocycles. The van der Waals surface area contributed by atoms with Gasteiger partial charge in [-0.15, -0.1) is 11.3 Å². The van der Waals surface area contributed by atoms with Crippen molar-refractivity contribution in [1.82, 2.24) is 9.55 Å². The lowest BCUT2D eigenvalue weighted by molar-refractivity contribution is -0.118. The fourth-order valence-electron chi connectivity index (χ4n) is 3.46. The third kappa shape index (κ3) is 4.09. The van der Waals surface area contributed by atoms with Crippen molar-refractivity contribution in [2.24, 2.45) is 0 Å². The molecule has 0 aliphatic rings. The molecule has 0 saturated carbocycles. The van der Waals surface area contributed by atoms with Crippen LogP contribution in [0, 0.1) is 20.8 Å². The van der Waals surface area contributed by atoms with Crippen molar-refractivity contribution in [2.45, 2.75) is 33.7 Å². The normalized spacial score (nSPS) is 12.0. The van der Waals surface area contributed by atoms with Crippen LogP contribution in [0.15, 0.2) is 59.4 Å². The van der Waals surface area contributed by atoms with Crippen molar-refractivity contribution in [3.8, 4) is 11.5 Å². The summed E-state index contributed by atoms with van der Waals surface area (Å²) in [6.45, 7) is 7.35. The Balaban J connectivity index is 1.54. The van der Waals surface area contributed by atoms with Crippen LogP contribution < -0.4 is 15.6 Å². The second kappa shape index (κ2) is 8.35. The SMILES string of the molecule is Cc1sc2nc(C)n(C(C)C(=O)Nc3ccc(Oc4ccccc4)cc3)c(=O)c2c1C. The van der Waals surface area contributed by atoms with Gasteiger partial charge in [0.05, 0.1) is 5.39 Å². The largest absolute Gasteiger partial charge is 0.457 e. The fraction of sp³-hybridized carbons (Fsp3) is 0.208. The van der Waals surface area contributed by atoms with Crippen LogP contribution in [0.1, 0.15) is 29.2 Å². The van der Waals surface area contributed by atoms with Gasteiger partial charge in [-0.05, 0) is 69.7 Å². The third-order valence-corrected chi connectivity index (χ3v) is 6.38. The van der Waals surface area contributed by atoms with Crippen LogP contribution in [0.25, 0.3) is 10.2 Å². The highest BCUT2D eigenvalue weighted by Crippen LogP contribution is 2.27. The van der Waals surface area contributed by atoms with E-state index >= 15 is 0 Å². The van der Waals surface area contributed by atoms with E-state index in [0.717, 1.165) is 21.0 Å². The van der Waals surface area contributed by atoms with Crippen molar-refractivity contribution >= 4 is 33.1 Å². The van der Waals surface area contributed by atoms with Crippen molar-refractivity contribution in [1.29, 1.82) is 0 Å². The third-order valence-electron chi connectivity index (χ3n) is 5.28. The number of nitrogens with zero attached hydrogens (tertiary/aromatic N) is 2. The molecule has 0 fully saturated rings. The summed E-state index contributed by atoms with van der Waals surface area (Å²) in [6.07, 6.45) is 0. The Morgan fingerprint density at radius 1 is 1.03 bits per heavy atom. The molecule has 0 aliphatic heterocycles. The Hall–Kier alpha value is -3.45. The van der Waals surface area contributed by atoms with E-state index in [2.05, 4.69) is 10.3 Å². The van der Waals surface area contributed by atoms with Gasteiger partial charge in [-0.2, -0.15) is 0 Å². The molecule has 0 bridgehead atoms. The van der Waals surface area contributed by atoms with Gasteiger partial charge in [-0.25, -0.2) is 4.98 Å². The standard InChI is InChI=1S/C24H23N3O3S/c1-14-16(3)31-23-21(14)24(29)27(17(4)25-23)15(2)22(28)26-18-10-12-20(13-11-18)30-19-8-6-5-7-9-19/h5-13,15H,1-4H3,(H,26,28). The number of amides is 1. The first kappa shape index (κ1) is 20.8. The summed E-state index contributed by atoms with van der Waals surface area (Å²) in [5, 5.41) is 3.47. The highest BCUT2D eigenvalue weighted by atomic mass is 32.1. The predicted molar refractivity (Wildman–Crippen MR) is 124 cm³/mol. The van der Waals surface area contributed by atoms with Crippen LogP contribution in [-0.4, -0.2) is 15.5 Å². The van der Waals surface area contributed by atoms with Gasteiger partial charge in [0, 0.05) is 10.6 Å². The molecule has 2 aromatic carbocycles. The second-order valence-electron chi connectivity index (χ2n) is 7.40. The average molecular weight is 434 g/mol. The molecule has 0 spiro atoms. The summed E-state index contributed by atoms with van der Waals surface area (Å²) < 4.78 is 7.24. The van der Waals surface area contributed by atoms with Crippen LogP contribution in [-0.2, 0) is 4.79 Å². The minimum Gasteiger partial charge on any atom is -0.457 e. The molecular weight excluding hydrogens is 410 g/mol. The topological polar surface area (TPSA) is 73.2 Å². The maximum Gasteiger partial charge on any atom is 0.263 e. The van der Waals surface area contributed by atoms with Gasteiger partial charge >= 0.3 is 0 Å². The minimum atomic E-state index is -0.704. The molecule has 2 aromatic heterocycles. The first-order valence-corrected chi connectivity index (χ1v) is 10.8. The Morgan fingerprint density at radius 2 is 1.68 bits per heavy atom. The predicted octanol–water partition coefficient (Wildman–Crippen LogP) is 5.38. The average Bonchev–Trinajstić information content (AvgIpc) is 3.03. The van der Waals surface area contributed by atoms with Crippen molar-refractivity contribution < 1.29 is 9.53 Å². The number of aromatic nitrogens is 2. The molecule has 0 saturated heterocycles. The molecule has 31 heavy (non-hydrogen) atoms. The number of thiophene rings is 1. The number of aryl methyl sites for hydroxylation is 3. The minimum absolute atomic E-state index is 0.182. The van der Waals surface area contributed by atoms with Crippen molar-refractivity contribution in [2.75, 3.05) is 5.32 Å². The monoisotopic (exact) mass is 433 g/mol. The fourth-order valence-corrected chi connectivity index (χ4v) is 4.52. The van der Waals surface area contributed by atoms with E-state index in [1.165, 1.54) is 15.9 Å². The summed E-state index contributed by atoms with van der Waals surface area (Å²) >= 11 is 1.50.